The zero-order chi connectivity index (χ0) is 11.3. The van der Waals surface area contributed by atoms with Gasteiger partial charge in [-0.2, -0.15) is 0 Å². The molecule has 1 rings (SSSR count). The van der Waals surface area contributed by atoms with Crippen molar-refractivity contribution in [3.8, 4) is 0 Å². The van der Waals surface area contributed by atoms with E-state index in [0.717, 1.165) is 0 Å². The minimum atomic E-state index is -0.162. The van der Waals surface area contributed by atoms with Crippen molar-refractivity contribution in [1.82, 2.24) is 15.0 Å². The summed E-state index contributed by atoms with van der Waals surface area (Å²) in [6.45, 7) is 0.867. The summed E-state index contributed by atoms with van der Waals surface area (Å²) >= 11 is 3.14. The van der Waals surface area contributed by atoms with Crippen molar-refractivity contribution in [3.05, 3.63) is 10.3 Å². The van der Waals surface area contributed by atoms with E-state index in [9.17, 15) is 4.79 Å². The SMILES string of the molecule is COCCOCC(=O)c1c(Br)nnn1C. The molecule has 0 N–H and O–H groups in total. The first kappa shape index (κ1) is 12.3. The highest BCUT2D eigenvalue weighted by Gasteiger charge is 2.16. The van der Waals surface area contributed by atoms with Gasteiger partial charge in [0.15, 0.2) is 4.60 Å². The van der Waals surface area contributed by atoms with E-state index in [4.69, 9.17) is 9.47 Å². The highest BCUT2D eigenvalue weighted by Crippen LogP contribution is 2.12. The Labute approximate surface area is 95.7 Å². The second-order valence-electron chi connectivity index (χ2n) is 2.82. The topological polar surface area (TPSA) is 66.2 Å². The largest absolute Gasteiger partial charge is 0.382 e. The number of nitrogens with zero attached hydrogens (tertiary/aromatic N) is 3. The van der Waals surface area contributed by atoms with Gasteiger partial charge >= 0.3 is 0 Å². The van der Waals surface area contributed by atoms with E-state index in [1.165, 1.54) is 4.68 Å². The lowest BCUT2D eigenvalue weighted by Crippen LogP contribution is -2.15. The normalized spacial score (nSPS) is 10.6. The van der Waals surface area contributed by atoms with Gasteiger partial charge in [0.05, 0.1) is 13.2 Å². The molecule has 0 spiro atoms. The Morgan fingerprint density at radius 2 is 2.27 bits per heavy atom. The first-order valence-corrected chi connectivity index (χ1v) is 5.11. The minimum Gasteiger partial charge on any atom is -0.382 e. The number of carbonyl (C=O) groups excluding carboxylic acids is 1. The minimum absolute atomic E-state index is 0.00315. The lowest BCUT2D eigenvalue weighted by molar-refractivity contribution is 0.0569. The molecule has 0 radical (unpaired) electrons. The number of carbonyl (C=O) groups is 1. The van der Waals surface area contributed by atoms with Crippen LogP contribution >= 0.6 is 15.9 Å². The van der Waals surface area contributed by atoms with Crippen molar-refractivity contribution < 1.29 is 14.3 Å². The van der Waals surface area contributed by atoms with E-state index in [1.54, 1.807) is 14.2 Å². The molecule has 0 aliphatic rings. The molecule has 0 unspecified atom stereocenters. The van der Waals surface area contributed by atoms with Gasteiger partial charge in [0.25, 0.3) is 0 Å². The van der Waals surface area contributed by atoms with E-state index >= 15 is 0 Å². The molecule has 0 atom stereocenters. The predicted octanol–water partition coefficient (Wildman–Crippen LogP) is 0.423. The molecule has 0 bridgehead atoms. The van der Waals surface area contributed by atoms with Crippen molar-refractivity contribution >= 4 is 21.7 Å². The van der Waals surface area contributed by atoms with Crippen molar-refractivity contribution in [2.45, 2.75) is 0 Å². The highest BCUT2D eigenvalue weighted by molar-refractivity contribution is 9.10. The van der Waals surface area contributed by atoms with Gasteiger partial charge in [-0.1, -0.05) is 5.21 Å². The summed E-state index contributed by atoms with van der Waals surface area (Å²) in [4.78, 5) is 11.6. The Balaban J connectivity index is 2.47. The van der Waals surface area contributed by atoms with E-state index in [2.05, 4.69) is 26.2 Å². The van der Waals surface area contributed by atoms with Crippen LogP contribution in [0.25, 0.3) is 0 Å². The van der Waals surface area contributed by atoms with Crippen LogP contribution in [0.2, 0.25) is 0 Å². The third kappa shape index (κ3) is 3.37. The van der Waals surface area contributed by atoms with Crippen LogP contribution in [-0.4, -0.2) is 47.7 Å². The van der Waals surface area contributed by atoms with Crippen molar-refractivity contribution in [3.63, 3.8) is 0 Å². The second-order valence-corrected chi connectivity index (χ2v) is 3.57. The van der Waals surface area contributed by atoms with E-state index in [0.29, 0.717) is 23.5 Å². The molecule has 0 saturated heterocycles. The number of rotatable bonds is 6. The smallest absolute Gasteiger partial charge is 0.209 e. The first-order chi connectivity index (χ1) is 7.16. The first-order valence-electron chi connectivity index (χ1n) is 4.32. The zero-order valence-electron chi connectivity index (χ0n) is 8.57. The Hall–Kier alpha value is -0.790. The zero-order valence-corrected chi connectivity index (χ0v) is 10.2. The quantitative estimate of drug-likeness (QED) is 0.557. The molecule has 0 amide bonds. The number of methoxy groups -OCH3 is 1. The summed E-state index contributed by atoms with van der Waals surface area (Å²) < 4.78 is 11.7. The van der Waals surface area contributed by atoms with Gasteiger partial charge in [0.2, 0.25) is 5.78 Å². The summed E-state index contributed by atoms with van der Waals surface area (Å²) in [5, 5.41) is 7.41. The third-order valence-electron chi connectivity index (χ3n) is 1.71. The van der Waals surface area contributed by atoms with Gasteiger partial charge in [0, 0.05) is 14.2 Å². The number of aryl methyl sites for hydroxylation is 1. The Bertz CT molecular complexity index is 320. The van der Waals surface area contributed by atoms with Crippen molar-refractivity contribution in [2.75, 3.05) is 26.9 Å². The number of aromatic nitrogens is 3. The van der Waals surface area contributed by atoms with Crippen LogP contribution in [0.1, 0.15) is 10.5 Å². The average molecular weight is 278 g/mol. The maximum absolute atomic E-state index is 11.6. The number of halogens is 1. The second kappa shape index (κ2) is 5.94. The molecule has 1 heterocycles. The maximum atomic E-state index is 11.6. The van der Waals surface area contributed by atoms with Crippen LogP contribution < -0.4 is 0 Å². The van der Waals surface area contributed by atoms with Gasteiger partial charge in [-0.3, -0.25) is 4.79 Å². The summed E-state index contributed by atoms with van der Waals surface area (Å²) in [5.74, 6) is -0.162. The van der Waals surface area contributed by atoms with Crippen LogP contribution in [-0.2, 0) is 16.5 Å². The molecule has 7 heteroatoms. The van der Waals surface area contributed by atoms with E-state index in [1.807, 2.05) is 0 Å². The van der Waals surface area contributed by atoms with Crippen molar-refractivity contribution in [2.24, 2.45) is 7.05 Å². The van der Waals surface area contributed by atoms with Gasteiger partial charge in [0.1, 0.15) is 12.3 Å². The van der Waals surface area contributed by atoms with Gasteiger partial charge < -0.3 is 9.47 Å². The van der Waals surface area contributed by atoms with Crippen LogP contribution in [0.3, 0.4) is 0 Å². The van der Waals surface area contributed by atoms with Crippen LogP contribution in [0, 0.1) is 0 Å². The van der Waals surface area contributed by atoms with E-state index < -0.39 is 0 Å². The molecule has 0 aliphatic heterocycles. The van der Waals surface area contributed by atoms with Crippen LogP contribution in [0.15, 0.2) is 4.60 Å². The maximum Gasteiger partial charge on any atom is 0.209 e. The van der Waals surface area contributed by atoms with Gasteiger partial charge in [-0.15, -0.1) is 5.10 Å². The fourth-order valence-corrected chi connectivity index (χ4v) is 1.55. The molecule has 15 heavy (non-hydrogen) atoms. The Kier molecular flexibility index (Phi) is 4.86. The molecule has 0 saturated carbocycles. The lowest BCUT2D eigenvalue weighted by Gasteiger charge is -2.02. The standard InChI is InChI=1S/C8H12BrN3O3/c1-12-7(8(9)10-11-12)6(13)5-15-4-3-14-2/h3-5H2,1-2H3. The fourth-order valence-electron chi connectivity index (χ4n) is 1.00. The van der Waals surface area contributed by atoms with Crippen LogP contribution in [0.5, 0.6) is 0 Å². The highest BCUT2D eigenvalue weighted by atomic mass is 79.9. The Morgan fingerprint density at radius 1 is 1.53 bits per heavy atom. The number of hydrogen-bond donors (Lipinski definition) is 0. The molecule has 0 aliphatic carbocycles. The predicted molar refractivity (Wildman–Crippen MR) is 55.7 cm³/mol. The number of ether oxygens (including phenoxy) is 2. The van der Waals surface area contributed by atoms with Crippen molar-refractivity contribution in [1.29, 1.82) is 0 Å². The molecular formula is C8H12BrN3O3. The summed E-state index contributed by atoms with van der Waals surface area (Å²) in [7, 11) is 3.23. The monoisotopic (exact) mass is 277 g/mol. The van der Waals surface area contributed by atoms with E-state index in [-0.39, 0.29) is 12.4 Å². The molecule has 0 fully saturated rings. The number of ketones is 1. The molecule has 1 aromatic heterocycles. The summed E-state index contributed by atoms with van der Waals surface area (Å²) in [6.07, 6.45) is 0. The molecule has 0 aromatic carbocycles. The van der Waals surface area contributed by atoms with Gasteiger partial charge in [-0.05, 0) is 15.9 Å². The number of hydrogen-bond acceptors (Lipinski definition) is 5. The molecular weight excluding hydrogens is 266 g/mol. The average Bonchev–Trinajstić information content (AvgIpc) is 2.53. The third-order valence-corrected chi connectivity index (χ3v) is 2.25. The van der Waals surface area contributed by atoms with Gasteiger partial charge in [-0.25, -0.2) is 4.68 Å². The molecule has 84 valence electrons. The summed E-state index contributed by atoms with van der Waals surface area (Å²) in [6, 6.07) is 0. The lowest BCUT2D eigenvalue weighted by atomic mass is 10.3. The fraction of sp³-hybridized carbons (Fsp3) is 0.625. The van der Waals surface area contributed by atoms with Crippen LogP contribution in [0.4, 0.5) is 0 Å². The molecule has 1 aromatic rings. The Morgan fingerprint density at radius 3 is 2.80 bits per heavy atom. The molecule has 6 nitrogen and oxygen atoms in total. The number of Topliss-reactive ketones (excluding diaryl/α,β-unsaturated/α-hetero) is 1. The summed E-state index contributed by atoms with van der Waals surface area (Å²) in [5.41, 5.74) is 0.410.